The summed E-state index contributed by atoms with van der Waals surface area (Å²) < 4.78 is 13.9. The van der Waals surface area contributed by atoms with Gasteiger partial charge in [0, 0.05) is 11.1 Å². The van der Waals surface area contributed by atoms with Crippen molar-refractivity contribution in [1.82, 2.24) is 0 Å². The topological polar surface area (TPSA) is 12.4 Å². The van der Waals surface area contributed by atoms with E-state index in [1.807, 2.05) is 12.1 Å². The highest BCUT2D eigenvalue weighted by molar-refractivity contribution is 7.78. The predicted molar refractivity (Wildman–Crippen MR) is 122 cm³/mol. The molecule has 3 aromatic carbocycles. The third kappa shape index (κ3) is 5.96. The molecule has 3 aromatic rings. The first kappa shape index (κ1) is 20.7. The number of unbranched alkanes of at least 4 members (excludes halogenated alkanes) is 2. The maximum atomic E-state index is 13.9. The quantitative estimate of drug-likeness (QED) is 0.182. The second-order valence-electron chi connectivity index (χ2n) is 6.85. The Morgan fingerprint density at radius 2 is 1.45 bits per heavy atom. The van der Waals surface area contributed by atoms with Gasteiger partial charge in [-0.2, -0.15) is 4.99 Å². The van der Waals surface area contributed by atoms with Gasteiger partial charge in [-0.25, -0.2) is 4.39 Å². The first-order valence-electron chi connectivity index (χ1n) is 9.78. The Labute approximate surface area is 177 Å². The van der Waals surface area contributed by atoms with Gasteiger partial charge in [-0.1, -0.05) is 68.0 Å². The predicted octanol–water partition coefficient (Wildman–Crippen LogP) is 7.36. The van der Waals surface area contributed by atoms with Crippen molar-refractivity contribution in [3.8, 4) is 23.0 Å². The van der Waals surface area contributed by atoms with Crippen molar-refractivity contribution in [3.63, 3.8) is 0 Å². The molecule has 0 fully saturated rings. The van der Waals surface area contributed by atoms with E-state index in [1.165, 1.54) is 36.5 Å². The van der Waals surface area contributed by atoms with E-state index in [9.17, 15) is 4.39 Å². The molecular formula is C26H22FNS. The molecule has 0 saturated heterocycles. The van der Waals surface area contributed by atoms with E-state index in [0.29, 0.717) is 5.56 Å². The first-order chi connectivity index (χ1) is 14.2. The van der Waals surface area contributed by atoms with Crippen LogP contribution in [0.25, 0.3) is 11.1 Å². The number of hydrogen-bond donors (Lipinski definition) is 0. The molecule has 0 unspecified atom stereocenters. The molecule has 3 heteroatoms. The van der Waals surface area contributed by atoms with E-state index in [0.717, 1.165) is 17.5 Å². The number of benzene rings is 3. The maximum absolute atomic E-state index is 13.9. The van der Waals surface area contributed by atoms with Crippen LogP contribution >= 0.6 is 12.2 Å². The van der Waals surface area contributed by atoms with Crippen molar-refractivity contribution in [1.29, 1.82) is 0 Å². The number of rotatable bonds is 6. The molecule has 0 spiro atoms. The molecule has 0 aromatic heterocycles. The van der Waals surface area contributed by atoms with E-state index < -0.39 is 5.82 Å². The average molecular weight is 400 g/mol. The Kier molecular flexibility index (Phi) is 7.47. The van der Waals surface area contributed by atoms with Crippen LogP contribution in [-0.4, -0.2) is 5.16 Å². The number of aliphatic imine (C=N–C) groups is 1. The lowest BCUT2D eigenvalue weighted by molar-refractivity contribution is 0.629. The fourth-order valence-corrected chi connectivity index (χ4v) is 3.16. The number of halogens is 1. The average Bonchev–Trinajstić information content (AvgIpc) is 2.75. The van der Waals surface area contributed by atoms with Crippen molar-refractivity contribution in [2.24, 2.45) is 4.99 Å². The standard InChI is InChI=1S/C26H22FNS/c1-2-3-4-5-20-8-13-23(14-9-20)24-15-10-21(11-16-24)6-7-22-12-17-26(28-19-29)25(27)18-22/h8-18H,2-5H2,1H3. The lowest BCUT2D eigenvalue weighted by Crippen LogP contribution is -1.86. The summed E-state index contributed by atoms with van der Waals surface area (Å²) in [7, 11) is 0. The summed E-state index contributed by atoms with van der Waals surface area (Å²) in [5, 5.41) is 2.17. The lowest BCUT2D eigenvalue weighted by atomic mass is 10.0. The third-order valence-electron chi connectivity index (χ3n) is 4.71. The zero-order valence-electron chi connectivity index (χ0n) is 16.4. The van der Waals surface area contributed by atoms with Gasteiger partial charge in [0.15, 0.2) is 5.82 Å². The third-order valence-corrected chi connectivity index (χ3v) is 4.80. The molecule has 0 bridgehead atoms. The SMILES string of the molecule is CCCCCc1ccc(-c2ccc(C#Cc3ccc(N=C=S)c(F)c3)cc2)cc1. The van der Waals surface area contributed by atoms with Gasteiger partial charge < -0.3 is 0 Å². The Morgan fingerprint density at radius 3 is 2.07 bits per heavy atom. The van der Waals surface area contributed by atoms with Crippen LogP contribution in [0, 0.1) is 17.7 Å². The smallest absolute Gasteiger partial charge is 0.150 e. The van der Waals surface area contributed by atoms with Gasteiger partial charge in [-0.15, -0.1) is 0 Å². The van der Waals surface area contributed by atoms with E-state index >= 15 is 0 Å². The van der Waals surface area contributed by atoms with Gasteiger partial charge in [-0.3, -0.25) is 0 Å². The van der Waals surface area contributed by atoms with Gasteiger partial charge in [0.2, 0.25) is 0 Å². The Hall–Kier alpha value is -3.05. The van der Waals surface area contributed by atoms with Gasteiger partial charge in [0.25, 0.3) is 0 Å². The highest BCUT2D eigenvalue weighted by atomic mass is 32.1. The number of thiocarbonyl (C=S) groups is 1. The Bertz CT molecular complexity index is 1070. The van der Waals surface area contributed by atoms with Crippen LogP contribution in [0.3, 0.4) is 0 Å². The normalized spacial score (nSPS) is 10.0. The van der Waals surface area contributed by atoms with Crippen LogP contribution in [0.2, 0.25) is 0 Å². The van der Waals surface area contributed by atoms with Gasteiger partial charge in [0.1, 0.15) is 5.69 Å². The first-order valence-corrected chi connectivity index (χ1v) is 10.2. The molecule has 0 amide bonds. The van der Waals surface area contributed by atoms with E-state index in [2.05, 4.69) is 77.5 Å². The van der Waals surface area contributed by atoms with Crippen molar-refractivity contribution in [2.45, 2.75) is 32.6 Å². The second-order valence-corrected chi connectivity index (χ2v) is 7.03. The van der Waals surface area contributed by atoms with Crippen LogP contribution in [-0.2, 0) is 6.42 Å². The number of hydrogen-bond acceptors (Lipinski definition) is 2. The molecule has 144 valence electrons. The summed E-state index contributed by atoms with van der Waals surface area (Å²) in [6.45, 7) is 2.23. The highest BCUT2D eigenvalue weighted by Crippen LogP contribution is 2.21. The van der Waals surface area contributed by atoms with Gasteiger partial charge in [0.05, 0.1) is 5.16 Å². The largest absolute Gasteiger partial charge is 0.205 e. The molecule has 0 radical (unpaired) electrons. The molecule has 0 aliphatic carbocycles. The second kappa shape index (κ2) is 10.5. The summed E-state index contributed by atoms with van der Waals surface area (Å²) in [4.78, 5) is 3.67. The summed E-state index contributed by atoms with van der Waals surface area (Å²) in [5.74, 6) is 5.60. The fraction of sp³-hybridized carbons (Fsp3) is 0.192. The molecule has 0 heterocycles. The van der Waals surface area contributed by atoms with E-state index in [1.54, 1.807) is 12.1 Å². The molecular weight excluding hydrogens is 377 g/mol. The number of nitrogens with zero attached hydrogens (tertiary/aromatic N) is 1. The van der Waals surface area contributed by atoms with Gasteiger partial charge >= 0.3 is 0 Å². The van der Waals surface area contributed by atoms with Crippen LogP contribution in [0.4, 0.5) is 10.1 Å². The van der Waals surface area contributed by atoms with Crippen LogP contribution in [0.1, 0.15) is 42.9 Å². The zero-order valence-corrected chi connectivity index (χ0v) is 17.2. The van der Waals surface area contributed by atoms with Crippen LogP contribution < -0.4 is 0 Å². The van der Waals surface area contributed by atoms with Crippen molar-refractivity contribution < 1.29 is 4.39 Å². The number of aryl methyl sites for hydroxylation is 1. The van der Waals surface area contributed by atoms with E-state index in [-0.39, 0.29) is 5.69 Å². The molecule has 0 N–H and O–H groups in total. The van der Waals surface area contributed by atoms with E-state index in [4.69, 9.17) is 0 Å². The zero-order chi connectivity index (χ0) is 20.5. The monoisotopic (exact) mass is 399 g/mol. The Balaban J connectivity index is 1.69. The minimum absolute atomic E-state index is 0.172. The van der Waals surface area contributed by atoms with Crippen molar-refractivity contribution in [2.75, 3.05) is 0 Å². The Morgan fingerprint density at radius 1 is 0.828 bits per heavy atom. The minimum atomic E-state index is -0.456. The van der Waals surface area contributed by atoms with Crippen LogP contribution in [0.5, 0.6) is 0 Å². The maximum Gasteiger partial charge on any atom is 0.150 e. The molecule has 0 saturated carbocycles. The van der Waals surface area contributed by atoms with Crippen LogP contribution in [0.15, 0.2) is 71.7 Å². The lowest BCUT2D eigenvalue weighted by Gasteiger charge is -2.05. The highest BCUT2D eigenvalue weighted by Gasteiger charge is 2.01. The summed E-state index contributed by atoms with van der Waals surface area (Å²) in [6, 6.07) is 21.5. The van der Waals surface area contributed by atoms with Crippen molar-refractivity contribution >= 4 is 23.1 Å². The molecule has 0 atom stereocenters. The molecule has 0 aliphatic heterocycles. The summed E-state index contributed by atoms with van der Waals surface area (Å²) in [5.41, 5.74) is 5.38. The minimum Gasteiger partial charge on any atom is -0.205 e. The van der Waals surface area contributed by atoms with Crippen molar-refractivity contribution in [3.05, 3.63) is 89.2 Å². The van der Waals surface area contributed by atoms with Gasteiger partial charge in [-0.05, 0) is 72.1 Å². The fourth-order valence-electron chi connectivity index (χ4n) is 3.06. The number of isothiocyanates is 1. The summed E-state index contributed by atoms with van der Waals surface area (Å²) >= 11 is 4.50. The molecule has 3 rings (SSSR count). The summed E-state index contributed by atoms with van der Waals surface area (Å²) in [6.07, 6.45) is 4.91. The molecule has 0 aliphatic rings. The molecule has 1 nitrogen and oxygen atoms in total. The molecule has 29 heavy (non-hydrogen) atoms.